The van der Waals surface area contributed by atoms with Crippen LogP contribution in [0.25, 0.3) is 0 Å². The van der Waals surface area contributed by atoms with E-state index in [0.717, 1.165) is 18.0 Å². The number of hydrogen-bond acceptors (Lipinski definition) is 2. The van der Waals surface area contributed by atoms with Crippen LogP contribution in [0.15, 0.2) is 0 Å². The third-order valence-electron chi connectivity index (χ3n) is 4.90. The molecule has 0 amide bonds. The molecule has 108 valence electrons. The molecule has 1 fully saturated rings. The molecule has 0 saturated heterocycles. The van der Waals surface area contributed by atoms with Crippen LogP contribution in [0.2, 0.25) is 0 Å². The first-order chi connectivity index (χ1) is 9.10. The summed E-state index contributed by atoms with van der Waals surface area (Å²) in [6.45, 7) is 8.77. The van der Waals surface area contributed by atoms with Gasteiger partial charge in [0.1, 0.15) is 0 Å². The van der Waals surface area contributed by atoms with E-state index in [1.54, 1.807) is 0 Å². The average molecular weight is 263 g/mol. The highest BCUT2D eigenvalue weighted by molar-refractivity contribution is 5.28. The van der Waals surface area contributed by atoms with Crippen LogP contribution in [0.1, 0.15) is 81.4 Å². The summed E-state index contributed by atoms with van der Waals surface area (Å²) in [7, 11) is 0. The molecular weight excluding hydrogens is 234 g/mol. The molecule has 1 aromatic rings. The predicted octanol–water partition coefficient (Wildman–Crippen LogP) is 4.05. The minimum atomic E-state index is 0.136. The maximum absolute atomic E-state index is 6.25. The Balaban J connectivity index is 2.34. The highest BCUT2D eigenvalue weighted by Gasteiger charge is 2.28. The summed E-state index contributed by atoms with van der Waals surface area (Å²) < 4.78 is 2.30. The van der Waals surface area contributed by atoms with Gasteiger partial charge in [0.05, 0.1) is 11.7 Å². The fourth-order valence-electron chi connectivity index (χ4n) is 3.73. The SMILES string of the molecule is CCC(N)c1c(C)nn(C2CCCCC2CC)c1C. The lowest BCUT2D eigenvalue weighted by atomic mass is 9.83. The van der Waals surface area contributed by atoms with Crippen LogP contribution in [-0.4, -0.2) is 9.78 Å². The standard InChI is InChI=1S/C16H29N3/c1-5-13-9-7-8-10-15(13)19-12(4)16(11(3)18-19)14(17)6-2/h13-15H,5-10,17H2,1-4H3. The Morgan fingerprint density at radius 3 is 2.58 bits per heavy atom. The molecular formula is C16H29N3. The van der Waals surface area contributed by atoms with Crippen LogP contribution < -0.4 is 5.73 Å². The summed E-state index contributed by atoms with van der Waals surface area (Å²) in [6.07, 6.45) is 7.60. The smallest absolute Gasteiger partial charge is 0.0644 e. The van der Waals surface area contributed by atoms with Crippen molar-refractivity contribution in [1.29, 1.82) is 0 Å². The van der Waals surface area contributed by atoms with E-state index >= 15 is 0 Å². The molecule has 3 atom stereocenters. The molecule has 19 heavy (non-hydrogen) atoms. The van der Waals surface area contributed by atoms with E-state index in [2.05, 4.69) is 32.4 Å². The van der Waals surface area contributed by atoms with E-state index in [-0.39, 0.29) is 6.04 Å². The molecule has 1 saturated carbocycles. The minimum Gasteiger partial charge on any atom is -0.324 e. The zero-order valence-corrected chi connectivity index (χ0v) is 12.9. The van der Waals surface area contributed by atoms with Gasteiger partial charge in [0.15, 0.2) is 0 Å². The summed E-state index contributed by atoms with van der Waals surface area (Å²) in [5.41, 5.74) is 9.97. The van der Waals surface area contributed by atoms with E-state index in [9.17, 15) is 0 Å². The average Bonchev–Trinajstić information content (AvgIpc) is 2.73. The normalized spacial score (nSPS) is 25.5. The topological polar surface area (TPSA) is 43.8 Å². The Morgan fingerprint density at radius 1 is 1.26 bits per heavy atom. The van der Waals surface area contributed by atoms with E-state index in [0.29, 0.717) is 6.04 Å². The Kier molecular flexibility index (Phi) is 4.67. The van der Waals surface area contributed by atoms with Crippen LogP contribution in [0, 0.1) is 19.8 Å². The van der Waals surface area contributed by atoms with Crippen molar-refractivity contribution in [2.75, 3.05) is 0 Å². The molecule has 0 aliphatic heterocycles. The molecule has 1 aliphatic carbocycles. The predicted molar refractivity (Wildman–Crippen MR) is 80.2 cm³/mol. The largest absolute Gasteiger partial charge is 0.324 e. The fraction of sp³-hybridized carbons (Fsp3) is 0.812. The van der Waals surface area contributed by atoms with Gasteiger partial charge in [-0.1, -0.05) is 33.1 Å². The molecule has 2 rings (SSSR count). The third-order valence-corrected chi connectivity index (χ3v) is 4.90. The summed E-state index contributed by atoms with van der Waals surface area (Å²) in [6, 6.07) is 0.729. The molecule has 3 unspecified atom stereocenters. The maximum atomic E-state index is 6.25. The lowest BCUT2D eigenvalue weighted by Crippen LogP contribution is -2.25. The first-order valence-corrected chi connectivity index (χ1v) is 7.91. The lowest BCUT2D eigenvalue weighted by molar-refractivity contribution is 0.214. The van der Waals surface area contributed by atoms with Crippen LogP contribution in [0.3, 0.4) is 0 Å². The monoisotopic (exact) mass is 263 g/mol. The van der Waals surface area contributed by atoms with Crippen molar-refractivity contribution in [3.63, 3.8) is 0 Å². The van der Waals surface area contributed by atoms with Crippen molar-refractivity contribution in [2.45, 2.75) is 78.3 Å². The second-order valence-corrected chi connectivity index (χ2v) is 6.06. The number of rotatable bonds is 4. The Labute approximate surface area is 117 Å². The van der Waals surface area contributed by atoms with Gasteiger partial charge in [-0.05, 0) is 39.0 Å². The zero-order valence-electron chi connectivity index (χ0n) is 12.9. The fourth-order valence-corrected chi connectivity index (χ4v) is 3.73. The van der Waals surface area contributed by atoms with Gasteiger partial charge in [-0.25, -0.2) is 0 Å². The quantitative estimate of drug-likeness (QED) is 0.890. The van der Waals surface area contributed by atoms with E-state index < -0.39 is 0 Å². The van der Waals surface area contributed by atoms with E-state index in [4.69, 9.17) is 10.8 Å². The van der Waals surface area contributed by atoms with Crippen LogP contribution >= 0.6 is 0 Å². The number of aromatic nitrogens is 2. The molecule has 0 aromatic carbocycles. The Bertz CT molecular complexity index is 422. The van der Waals surface area contributed by atoms with Gasteiger partial charge >= 0.3 is 0 Å². The molecule has 0 bridgehead atoms. The molecule has 1 heterocycles. The summed E-state index contributed by atoms with van der Waals surface area (Å²) in [5, 5.41) is 4.84. The number of aryl methyl sites for hydroxylation is 1. The van der Waals surface area contributed by atoms with Crippen LogP contribution in [-0.2, 0) is 0 Å². The first kappa shape index (κ1) is 14.6. The molecule has 1 aromatic heterocycles. The van der Waals surface area contributed by atoms with Crippen LogP contribution in [0.5, 0.6) is 0 Å². The summed E-state index contributed by atoms with van der Waals surface area (Å²) in [5.74, 6) is 0.789. The van der Waals surface area contributed by atoms with Gasteiger partial charge in [0.2, 0.25) is 0 Å². The summed E-state index contributed by atoms with van der Waals surface area (Å²) >= 11 is 0. The third kappa shape index (κ3) is 2.71. The van der Waals surface area contributed by atoms with Gasteiger partial charge in [-0.3, -0.25) is 4.68 Å². The van der Waals surface area contributed by atoms with Crippen molar-refractivity contribution in [3.05, 3.63) is 17.0 Å². The molecule has 3 nitrogen and oxygen atoms in total. The molecule has 0 radical (unpaired) electrons. The second-order valence-electron chi connectivity index (χ2n) is 6.06. The Morgan fingerprint density at radius 2 is 1.95 bits per heavy atom. The molecule has 3 heteroatoms. The van der Waals surface area contributed by atoms with Gasteiger partial charge in [-0.15, -0.1) is 0 Å². The number of hydrogen-bond donors (Lipinski definition) is 1. The molecule has 1 aliphatic rings. The van der Waals surface area contributed by atoms with Crippen LogP contribution in [0.4, 0.5) is 0 Å². The molecule has 2 N–H and O–H groups in total. The van der Waals surface area contributed by atoms with Gasteiger partial charge in [0, 0.05) is 17.3 Å². The van der Waals surface area contributed by atoms with Crippen molar-refractivity contribution >= 4 is 0 Å². The van der Waals surface area contributed by atoms with Crippen molar-refractivity contribution in [3.8, 4) is 0 Å². The molecule has 0 spiro atoms. The zero-order chi connectivity index (χ0) is 14.0. The van der Waals surface area contributed by atoms with E-state index in [1.165, 1.54) is 43.4 Å². The van der Waals surface area contributed by atoms with Crippen molar-refractivity contribution < 1.29 is 0 Å². The van der Waals surface area contributed by atoms with E-state index in [1.807, 2.05) is 0 Å². The van der Waals surface area contributed by atoms with Gasteiger partial charge in [0.25, 0.3) is 0 Å². The van der Waals surface area contributed by atoms with Crippen molar-refractivity contribution in [2.24, 2.45) is 11.7 Å². The second kappa shape index (κ2) is 6.08. The van der Waals surface area contributed by atoms with Gasteiger partial charge in [-0.2, -0.15) is 5.10 Å². The summed E-state index contributed by atoms with van der Waals surface area (Å²) in [4.78, 5) is 0. The number of nitrogens with two attached hydrogens (primary N) is 1. The lowest BCUT2D eigenvalue weighted by Gasteiger charge is -2.32. The van der Waals surface area contributed by atoms with Gasteiger partial charge < -0.3 is 5.73 Å². The highest BCUT2D eigenvalue weighted by atomic mass is 15.3. The number of nitrogens with zero attached hydrogens (tertiary/aromatic N) is 2. The minimum absolute atomic E-state index is 0.136. The maximum Gasteiger partial charge on any atom is 0.0644 e. The first-order valence-electron chi connectivity index (χ1n) is 7.91. The Hall–Kier alpha value is -0.830. The van der Waals surface area contributed by atoms with Crippen molar-refractivity contribution in [1.82, 2.24) is 9.78 Å². The highest BCUT2D eigenvalue weighted by Crippen LogP contribution is 2.37.